The van der Waals surface area contributed by atoms with Crippen molar-refractivity contribution in [3.05, 3.63) is 77.4 Å². The van der Waals surface area contributed by atoms with Gasteiger partial charge >= 0.3 is 5.97 Å². The van der Waals surface area contributed by atoms with Gasteiger partial charge in [0.25, 0.3) is 0 Å². The second-order valence-electron chi connectivity index (χ2n) is 6.96. The van der Waals surface area contributed by atoms with Crippen molar-refractivity contribution in [3.8, 4) is 28.7 Å². The molecule has 0 radical (unpaired) electrons. The molecule has 0 aliphatic carbocycles. The van der Waals surface area contributed by atoms with Gasteiger partial charge in [0.05, 0.1) is 34.0 Å². The van der Waals surface area contributed by atoms with Crippen molar-refractivity contribution in [2.45, 2.75) is 6.61 Å². The van der Waals surface area contributed by atoms with Gasteiger partial charge in [-0.25, -0.2) is 4.79 Å². The lowest BCUT2D eigenvalue weighted by molar-refractivity contribution is -0.130. The van der Waals surface area contributed by atoms with E-state index >= 15 is 0 Å². The predicted molar refractivity (Wildman–Crippen MR) is 125 cm³/mol. The summed E-state index contributed by atoms with van der Waals surface area (Å²) in [5.41, 5.74) is 2.08. The Labute approximate surface area is 192 Å². The van der Waals surface area contributed by atoms with Crippen LogP contribution in [0, 0.1) is 0 Å². The quantitative estimate of drug-likeness (QED) is 0.347. The highest BCUT2D eigenvalue weighted by atomic mass is 16.5. The first-order valence-electron chi connectivity index (χ1n) is 10.1. The number of aliphatic carboxylic acids is 1. The Kier molecular flexibility index (Phi) is 7.81. The van der Waals surface area contributed by atoms with Crippen molar-refractivity contribution >= 4 is 17.6 Å². The van der Waals surface area contributed by atoms with Crippen LogP contribution in [0.25, 0.3) is 11.6 Å². The average molecular weight is 450 g/mol. The average Bonchev–Trinajstić information content (AvgIpc) is 2.85. The van der Waals surface area contributed by atoms with Crippen molar-refractivity contribution in [1.82, 2.24) is 0 Å². The Morgan fingerprint density at radius 3 is 1.97 bits per heavy atom. The Morgan fingerprint density at radius 2 is 1.42 bits per heavy atom. The molecule has 3 aromatic rings. The Morgan fingerprint density at radius 1 is 0.788 bits per heavy atom. The first kappa shape index (κ1) is 23.5. The Bertz CT molecular complexity index is 1110. The highest BCUT2D eigenvalue weighted by molar-refractivity contribution is 6.20. The molecule has 7 heteroatoms. The van der Waals surface area contributed by atoms with Crippen LogP contribution in [-0.2, 0) is 11.4 Å². The van der Waals surface area contributed by atoms with E-state index in [4.69, 9.17) is 23.7 Å². The lowest BCUT2D eigenvalue weighted by Gasteiger charge is -2.14. The molecular formula is C26H26O7. The molecule has 0 bridgehead atoms. The molecule has 0 amide bonds. The van der Waals surface area contributed by atoms with Crippen LogP contribution in [0.3, 0.4) is 0 Å². The van der Waals surface area contributed by atoms with E-state index in [9.17, 15) is 9.90 Å². The molecule has 0 aromatic heterocycles. The summed E-state index contributed by atoms with van der Waals surface area (Å²) < 4.78 is 27.4. The van der Waals surface area contributed by atoms with Crippen LogP contribution in [0.5, 0.6) is 28.7 Å². The molecule has 0 fully saturated rings. The molecule has 0 aliphatic rings. The van der Waals surface area contributed by atoms with E-state index in [2.05, 4.69) is 0 Å². The number of methoxy groups -OCH3 is 4. The smallest absolute Gasteiger partial charge is 0.336 e. The molecule has 0 spiro atoms. The molecule has 3 aromatic carbocycles. The molecule has 0 saturated heterocycles. The van der Waals surface area contributed by atoms with Gasteiger partial charge in [-0.05, 0) is 47.0 Å². The molecule has 0 atom stereocenters. The van der Waals surface area contributed by atoms with Crippen LogP contribution in [0.1, 0.15) is 16.7 Å². The molecular weight excluding hydrogens is 424 g/mol. The zero-order chi connectivity index (χ0) is 23.8. The number of benzene rings is 3. The summed E-state index contributed by atoms with van der Waals surface area (Å²) >= 11 is 0. The fraction of sp³-hybridized carbons (Fsp3) is 0.192. The maximum Gasteiger partial charge on any atom is 0.336 e. The molecule has 0 saturated carbocycles. The lowest BCUT2D eigenvalue weighted by Crippen LogP contribution is -2.03. The van der Waals surface area contributed by atoms with Gasteiger partial charge in [0.1, 0.15) is 6.61 Å². The van der Waals surface area contributed by atoms with E-state index in [0.29, 0.717) is 46.5 Å². The second kappa shape index (κ2) is 10.9. The van der Waals surface area contributed by atoms with Crippen molar-refractivity contribution in [2.75, 3.05) is 28.4 Å². The molecule has 0 aliphatic heterocycles. The normalized spacial score (nSPS) is 11.0. The minimum absolute atomic E-state index is 0.0662. The number of carbonyl (C=O) groups is 1. The van der Waals surface area contributed by atoms with Gasteiger partial charge in [0.2, 0.25) is 5.75 Å². The largest absolute Gasteiger partial charge is 0.493 e. The minimum Gasteiger partial charge on any atom is -0.493 e. The molecule has 33 heavy (non-hydrogen) atoms. The number of hydrogen-bond acceptors (Lipinski definition) is 6. The van der Waals surface area contributed by atoms with Gasteiger partial charge in [0, 0.05) is 0 Å². The summed E-state index contributed by atoms with van der Waals surface area (Å²) in [5.74, 6) is 1.13. The summed E-state index contributed by atoms with van der Waals surface area (Å²) in [4.78, 5) is 12.2. The fourth-order valence-corrected chi connectivity index (χ4v) is 3.31. The molecule has 172 valence electrons. The highest BCUT2D eigenvalue weighted by Gasteiger charge is 2.17. The Balaban J connectivity index is 2.01. The van der Waals surface area contributed by atoms with Crippen LogP contribution in [0.15, 0.2) is 60.7 Å². The standard InChI is InChI=1S/C26H26O7/c1-29-21-11-10-19(15-22(21)33-16-17-8-6-5-7-9-17)20(26(27)28)12-18-13-23(30-2)25(32-4)24(14-18)31-3/h5-15H,16H2,1-4H3,(H,27,28)/b20-12+. The van der Waals surface area contributed by atoms with E-state index in [1.165, 1.54) is 34.5 Å². The van der Waals surface area contributed by atoms with Gasteiger partial charge < -0.3 is 28.8 Å². The highest BCUT2D eigenvalue weighted by Crippen LogP contribution is 2.39. The number of rotatable bonds is 10. The summed E-state index contributed by atoms with van der Waals surface area (Å²) in [5, 5.41) is 9.94. The van der Waals surface area contributed by atoms with Crippen molar-refractivity contribution in [1.29, 1.82) is 0 Å². The lowest BCUT2D eigenvalue weighted by atomic mass is 10.0. The Hall–Kier alpha value is -4.13. The predicted octanol–water partition coefficient (Wildman–Crippen LogP) is 4.93. The van der Waals surface area contributed by atoms with E-state index < -0.39 is 5.97 Å². The van der Waals surface area contributed by atoms with Crippen LogP contribution in [0.4, 0.5) is 0 Å². The molecule has 0 heterocycles. The van der Waals surface area contributed by atoms with Gasteiger partial charge in [-0.1, -0.05) is 36.4 Å². The van der Waals surface area contributed by atoms with E-state index in [0.717, 1.165) is 5.56 Å². The summed E-state index contributed by atoms with van der Waals surface area (Å²) in [6, 6.07) is 18.0. The molecule has 1 N–H and O–H groups in total. The minimum atomic E-state index is -1.09. The molecule has 7 nitrogen and oxygen atoms in total. The van der Waals surface area contributed by atoms with Crippen LogP contribution in [0.2, 0.25) is 0 Å². The summed E-state index contributed by atoms with van der Waals surface area (Å²) in [6.45, 7) is 0.319. The van der Waals surface area contributed by atoms with Gasteiger partial charge in [0.15, 0.2) is 23.0 Å². The molecule has 0 unspecified atom stereocenters. The second-order valence-corrected chi connectivity index (χ2v) is 6.96. The van der Waals surface area contributed by atoms with Crippen LogP contribution in [-0.4, -0.2) is 39.5 Å². The number of carboxylic acid groups (broad SMARTS) is 1. The van der Waals surface area contributed by atoms with E-state index in [-0.39, 0.29) is 5.57 Å². The van der Waals surface area contributed by atoms with E-state index in [1.54, 1.807) is 30.3 Å². The number of carboxylic acids is 1. The monoisotopic (exact) mass is 450 g/mol. The summed E-state index contributed by atoms with van der Waals surface area (Å²) in [7, 11) is 6.05. The van der Waals surface area contributed by atoms with E-state index in [1.807, 2.05) is 30.3 Å². The van der Waals surface area contributed by atoms with Gasteiger partial charge in [-0.2, -0.15) is 0 Å². The van der Waals surface area contributed by atoms with Gasteiger partial charge in [-0.3, -0.25) is 0 Å². The third-order valence-electron chi connectivity index (χ3n) is 4.94. The fourth-order valence-electron chi connectivity index (χ4n) is 3.31. The summed E-state index contributed by atoms with van der Waals surface area (Å²) in [6.07, 6.45) is 1.54. The van der Waals surface area contributed by atoms with Crippen LogP contribution < -0.4 is 23.7 Å². The van der Waals surface area contributed by atoms with Gasteiger partial charge in [-0.15, -0.1) is 0 Å². The van der Waals surface area contributed by atoms with Crippen molar-refractivity contribution in [2.24, 2.45) is 0 Å². The number of ether oxygens (including phenoxy) is 5. The maximum absolute atomic E-state index is 12.2. The third-order valence-corrected chi connectivity index (χ3v) is 4.94. The SMILES string of the molecule is COc1ccc(/C(=C\c2cc(OC)c(OC)c(OC)c2)C(=O)O)cc1OCc1ccccc1. The van der Waals surface area contributed by atoms with Crippen molar-refractivity contribution in [3.63, 3.8) is 0 Å². The van der Waals surface area contributed by atoms with Crippen LogP contribution >= 0.6 is 0 Å². The molecule has 3 rings (SSSR count). The van der Waals surface area contributed by atoms with Crippen molar-refractivity contribution < 1.29 is 33.6 Å². The third kappa shape index (κ3) is 5.57. The topological polar surface area (TPSA) is 83.5 Å². The first-order valence-corrected chi connectivity index (χ1v) is 10.1. The number of hydrogen-bond donors (Lipinski definition) is 1. The first-order chi connectivity index (χ1) is 16.0. The maximum atomic E-state index is 12.2. The zero-order valence-electron chi connectivity index (χ0n) is 19.0. The zero-order valence-corrected chi connectivity index (χ0v) is 19.0.